The van der Waals surface area contributed by atoms with Crippen molar-refractivity contribution in [2.24, 2.45) is 0 Å². The van der Waals surface area contributed by atoms with Crippen molar-refractivity contribution < 1.29 is 23.8 Å². The van der Waals surface area contributed by atoms with E-state index >= 15 is 0 Å². The molecular formula is C26H30ClN5O5. The third-order valence-electron chi connectivity index (χ3n) is 7.01. The number of halogens is 1. The fourth-order valence-corrected chi connectivity index (χ4v) is 5.50. The lowest BCUT2D eigenvalue weighted by atomic mass is 9.89. The van der Waals surface area contributed by atoms with Crippen molar-refractivity contribution in [1.82, 2.24) is 19.5 Å². The van der Waals surface area contributed by atoms with Gasteiger partial charge in [0.15, 0.2) is 35.4 Å². The number of ether oxygens (including phenoxy) is 3. The van der Waals surface area contributed by atoms with Crippen LogP contribution in [0.3, 0.4) is 0 Å². The third kappa shape index (κ3) is 5.13. The Morgan fingerprint density at radius 2 is 1.73 bits per heavy atom. The first-order valence-corrected chi connectivity index (χ1v) is 12.9. The van der Waals surface area contributed by atoms with Crippen molar-refractivity contribution in [2.45, 2.75) is 70.5 Å². The number of benzene rings is 1. The molecule has 0 N–H and O–H groups in total. The summed E-state index contributed by atoms with van der Waals surface area (Å²) in [7, 11) is 0. The van der Waals surface area contributed by atoms with Gasteiger partial charge in [-0.3, -0.25) is 14.2 Å². The largest absolute Gasteiger partial charge is 0.456 e. The van der Waals surface area contributed by atoms with Gasteiger partial charge >= 0.3 is 11.9 Å². The Bertz CT molecular complexity index is 1280. The lowest BCUT2D eigenvalue weighted by Crippen LogP contribution is -2.38. The smallest absolute Gasteiger partial charge is 0.303 e. The molecule has 3 aromatic rings. The summed E-state index contributed by atoms with van der Waals surface area (Å²) in [5.74, 6) is 0.160. The number of imidazole rings is 1. The van der Waals surface area contributed by atoms with Crippen LogP contribution in [0.5, 0.6) is 0 Å². The van der Waals surface area contributed by atoms with E-state index in [1.165, 1.54) is 19.4 Å². The number of nitrogens with zero attached hydrogens (tertiary/aromatic N) is 5. The standard InChI is InChI=1S/C26H30ClN5O5/c1-4-19-21(35-15(2)33)22(36-16(3)34)25(37-19)32-14-28-20-23(29-26(27)30-24(20)32)31-12-10-18(11-13-31)17-8-6-5-7-9-17/h5-9,14,18-19,21-22,25H,4,10-13H2,1-3H3/t19-,21+,22?,25-/m1/s1. The van der Waals surface area contributed by atoms with Gasteiger partial charge in [0.2, 0.25) is 5.28 Å². The lowest BCUT2D eigenvalue weighted by molar-refractivity contribution is -0.165. The molecule has 11 heteroatoms. The van der Waals surface area contributed by atoms with Gasteiger partial charge in [0.05, 0.1) is 6.33 Å². The van der Waals surface area contributed by atoms with Crippen LogP contribution in [0.1, 0.15) is 57.7 Å². The monoisotopic (exact) mass is 527 g/mol. The van der Waals surface area contributed by atoms with E-state index in [1.807, 2.05) is 13.0 Å². The Hall–Kier alpha value is -3.24. The number of hydrogen-bond donors (Lipinski definition) is 0. The van der Waals surface area contributed by atoms with E-state index in [2.05, 4.69) is 44.1 Å². The van der Waals surface area contributed by atoms with E-state index in [-0.39, 0.29) is 5.28 Å². The minimum absolute atomic E-state index is 0.0834. The lowest BCUT2D eigenvalue weighted by Gasteiger charge is -2.33. The number of rotatable bonds is 6. The van der Waals surface area contributed by atoms with Crippen molar-refractivity contribution >= 4 is 40.5 Å². The molecule has 2 fully saturated rings. The number of esters is 2. The zero-order chi connectivity index (χ0) is 26.1. The molecule has 0 saturated carbocycles. The fraction of sp³-hybridized carbons (Fsp3) is 0.500. The second-order valence-corrected chi connectivity index (χ2v) is 9.77. The van der Waals surface area contributed by atoms with Crippen LogP contribution in [0.15, 0.2) is 36.7 Å². The van der Waals surface area contributed by atoms with E-state index in [4.69, 9.17) is 25.8 Å². The molecule has 37 heavy (non-hydrogen) atoms. The molecule has 0 radical (unpaired) electrons. The summed E-state index contributed by atoms with van der Waals surface area (Å²) in [4.78, 5) is 39.5. The maximum absolute atomic E-state index is 12.0. The molecule has 1 aromatic carbocycles. The van der Waals surface area contributed by atoms with Crippen LogP contribution >= 0.6 is 11.6 Å². The van der Waals surface area contributed by atoms with Crippen molar-refractivity contribution in [3.63, 3.8) is 0 Å². The minimum Gasteiger partial charge on any atom is -0.456 e. The second-order valence-electron chi connectivity index (χ2n) is 9.43. The number of fused-ring (bicyclic) bond motifs is 1. The van der Waals surface area contributed by atoms with E-state index < -0.39 is 36.5 Å². The average molecular weight is 528 g/mol. The van der Waals surface area contributed by atoms with E-state index in [0.29, 0.717) is 29.3 Å². The summed E-state index contributed by atoms with van der Waals surface area (Å²) < 4.78 is 19.0. The number of aromatic nitrogens is 4. The average Bonchev–Trinajstić information content (AvgIpc) is 3.44. The Balaban J connectivity index is 1.45. The first-order valence-electron chi connectivity index (χ1n) is 12.6. The molecule has 2 saturated heterocycles. The zero-order valence-corrected chi connectivity index (χ0v) is 21.8. The van der Waals surface area contributed by atoms with Crippen LogP contribution < -0.4 is 4.90 Å². The van der Waals surface area contributed by atoms with E-state index in [1.54, 1.807) is 10.9 Å². The van der Waals surface area contributed by atoms with Crippen LogP contribution in [-0.2, 0) is 23.8 Å². The zero-order valence-electron chi connectivity index (χ0n) is 21.0. The number of carbonyl (C=O) groups is 2. The number of piperidine rings is 1. The van der Waals surface area contributed by atoms with Crippen molar-refractivity contribution in [1.29, 1.82) is 0 Å². The summed E-state index contributed by atoms with van der Waals surface area (Å²) in [5, 5.41) is 0.0834. The highest BCUT2D eigenvalue weighted by Crippen LogP contribution is 2.38. The molecule has 0 aliphatic carbocycles. The van der Waals surface area contributed by atoms with Gasteiger partial charge in [-0.05, 0) is 42.3 Å². The first kappa shape index (κ1) is 25.4. The molecule has 196 valence electrons. The Labute approximate surface area is 219 Å². The molecule has 1 unspecified atom stereocenters. The molecule has 0 bridgehead atoms. The maximum atomic E-state index is 12.0. The predicted molar refractivity (Wildman–Crippen MR) is 136 cm³/mol. The van der Waals surface area contributed by atoms with Gasteiger partial charge in [-0.15, -0.1) is 0 Å². The highest BCUT2D eigenvalue weighted by Gasteiger charge is 2.49. The number of anilines is 1. The topological polar surface area (TPSA) is 109 Å². The molecule has 5 rings (SSSR count). The van der Waals surface area contributed by atoms with Crippen molar-refractivity contribution in [2.75, 3.05) is 18.0 Å². The molecule has 0 spiro atoms. The van der Waals surface area contributed by atoms with E-state index in [0.717, 1.165) is 25.9 Å². The highest BCUT2D eigenvalue weighted by atomic mass is 35.5. The summed E-state index contributed by atoms with van der Waals surface area (Å²) in [6.07, 6.45) is 1.20. The SMILES string of the molecule is CC[C@H]1O[C@@H](n2cnc3c(N4CCC(c5ccccc5)CC4)nc(Cl)nc32)C(OC(C)=O)[C@H]1OC(C)=O. The van der Waals surface area contributed by atoms with Crippen LogP contribution in [0.4, 0.5) is 5.82 Å². The molecule has 4 atom stereocenters. The molecule has 10 nitrogen and oxygen atoms in total. The highest BCUT2D eigenvalue weighted by molar-refractivity contribution is 6.28. The predicted octanol–water partition coefficient (Wildman–Crippen LogP) is 4.03. The molecule has 2 aliphatic heterocycles. The number of hydrogen-bond acceptors (Lipinski definition) is 9. The fourth-order valence-electron chi connectivity index (χ4n) is 5.34. The summed E-state index contributed by atoms with van der Waals surface area (Å²) >= 11 is 6.39. The van der Waals surface area contributed by atoms with Crippen LogP contribution in [-0.4, -0.2) is 62.9 Å². The summed E-state index contributed by atoms with van der Waals surface area (Å²) in [6.45, 7) is 6.15. The van der Waals surface area contributed by atoms with Gasteiger partial charge in [0, 0.05) is 26.9 Å². The van der Waals surface area contributed by atoms with Gasteiger partial charge in [-0.2, -0.15) is 9.97 Å². The molecular weight excluding hydrogens is 498 g/mol. The number of carbonyl (C=O) groups excluding carboxylic acids is 2. The van der Waals surface area contributed by atoms with Gasteiger partial charge in [-0.1, -0.05) is 37.3 Å². The van der Waals surface area contributed by atoms with Gasteiger partial charge < -0.3 is 19.1 Å². The quantitative estimate of drug-likeness (QED) is 0.346. The third-order valence-corrected chi connectivity index (χ3v) is 7.18. The van der Waals surface area contributed by atoms with E-state index in [9.17, 15) is 9.59 Å². The van der Waals surface area contributed by atoms with Gasteiger partial charge in [0.25, 0.3) is 0 Å². The minimum atomic E-state index is -0.873. The van der Waals surface area contributed by atoms with Gasteiger partial charge in [0.1, 0.15) is 6.10 Å². The summed E-state index contributed by atoms with van der Waals surface area (Å²) in [5.41, 5.74) is 2.39. The second kappa shape index (κ2) is 10.6. The van der Waals surface area contributed by atoms with Crippen molar-refractivity contribution in [3.05, 3.63) is 47.5 Å². The molecule has 4 heterocycles. The first-order chi connectivity index (χ1) is 17.9. The Kier molecular flexibility index (Phi) is 7.30. The maximum Gasteiger partial charge on any atom is 0.303 e. The van der Waals surface area contributed by atoms with Crippen LogP contribution in [0.25, 0.3) is 11.2 Å². The van der Waals surface area contributed by atoms with Crippen LogP contribution in [0.2, 0.25) is 5.28 Å². The van der Waals surface area contributed by atoms with Crippen LogP contribution in [0, 0.1) is 0 Å². The Morgan fingerprint density at radius 3 is 2.38 bits per heavy atom. The molecule has 0 amide bonds. The Morgan fingerprint density at radius 1 is 1.05 bits per heavy atom. The summed E-state index contributed by atoms with van der Waals surface area (Å²) in [6, 6.07) is 10.5. The van der Waals surface area contributed by atoms with Gasteiger partial charge in [-0.25, -0.2) is 4.98 Å². The normalized spacial score (nSPS) is 24.4. The van der Waals surface area contributed by atoms with Crippen molar-refractivity contribution in [3.8, 4) is 0 Å². The molecule has 2 aliphatic rings. The molecule has 2 aromatic heterocycles.